The quantitative estimate of drug-likeness (QED) is 0.389. The maximum atomic E-state index is 13.6. The number of hydrogen-bond donors (Lipinski definition) is 1. The van der Waals surface area contributed by atoms with E-state index in [0.717, 1.165) is 54.0 Å². The Labute approximate surface area is 228 Å². The molecule has 1 atom stereocenters. The second-order valence-electron chi connectivity index (χ2n) is 10.9. The standard InChI is InChI=1S/C30H37N7O2/c1-21-7-6-8-23-19-26(30(38)31-27(21)23)28(36-17-15-35(16-18-36)24-9-4-3-5-10-24)29-32-33-34-37(29)20-22-11-13-25(39-2)14-12-22/h6-8,11-14,19,24,28H,3-5,9-10,15-18,20H2,1-2H3,(H,31,38)/t28-/m0/s1. The SMILES string of the molecule is COc1ccc(Cn2nnnc2[C@H](c2cc3cccc(C)c3[nH]c2=O)N2CCN(C3CCCCC3)CC2)cc1. The first-order chi connectivity index (χ1) is 19.1. The van der Waals surface area contributed by atoms with E-state index in [9.17, 15) is 4.79 Å². The van der Waals surface area contributed by atoms with Crippen molar-refractivity contribution in [3.05, 3.63) is 81.4 Å². The van der Waals surface area contributed by atoms with Crippen molar-refractivity contribution < 1.29 is 4.74 Å². The molecule has 1 N–H and O–H groups in total. The minimum absolute atomic E-state index is 0.0875. The number of aromatic nitrogens is 5. The Hall–Kier alpha value is -3.56. The normalized spacial score (nSPS) is 18.4. The number of methoxy groups -OCH3 is 1. The summed E-state index contributed by atoms with van der Waals surface area (Å²) < 4.78 is 7.15. The lowest BCUT2D eigenvalue weighted by molar-refractivity contribution is 0.0618. The topological polar surface area (TPSA) is 92.2 Å². The number of tetrazole rings is 1. The van der Waals surface area contributed by atoms with Crippen molar-refractivity contribution in [3.8, 4) is 5.75 Å². The van der Waals surface area contributed by atoms with Crippen LogP contribution < -0.4 is 10.3 Å². The van der Waals surface area contributed by atoms with E-state index in [1.807, 2.05) is 54.1 Å². The molecule has 2 aromatic heterocycles. The average molecular weight is 528 g/mol. The van der Waals surface area contributed by atoms with Crippen LogP contribution in [-0.2, 0) is 6.54 Å². The number of pyridine rings is 1. The maximum Gasteiger partial charge on any atom is 0.253 e. The van der Waals surface area contributed by atoms with E-state index >= 15 is 0 Å². The summed E-state index contributed by atoms with van der Waals surface area (Å²) in [7, 11) is 1.66. The number of nitrogens with one attached hydrogen (secondary N) is 1. The van der Waals surface area contributed by atoms with Gasteiger partial charge in [-0.05, 0) is 64.9 Å². The van der Waals surface area contributed by atoms with E-state index in [2.05, 4.69) is 36.4 Å². The molecule has 1 aliphatic heterocycles. The van der Waals surface area contributed by atoms with Crippen molar-refractivity contribution in [3.63, 3.8) is 0 Å². The first-order valence-electron chi connectivity index (χ1n) is 14.1. The third kappa shape index (κ3) is 5.33. The van der Waals surface area contributed by atoms with Crippen LogP contribution in [0.1, 0.15) is 60.7 Å². The summed E-state index contributed by atoms with van der Waals surface area (Å²) in [5.41, 5.74) is 3.59. The van der Waals surface area contributed by atoms with Crippen LogP contribution in [0.4, 0.5) is 0 Å². The lowest BCUT2D eigenvalue weighted by Crippen LogP contribution is -2.52. The van der Waals surface area contributed by atoms with E-state index in [0.29, 0.717) is 24.0 Å². The first kappa shape index (κ1) is 25.7. The van der Waals surface area contributed by atoms with Gasteiger partial charge >= 0.3 is 0 Å². The van der Waals surface area contributed by atoms with Crippen LogP contribution in [-0.4, -0.2) is 74.3 Å². The number of fused-ring (bicyclic) bond motifs is 1. The Morgan fingerprint density at radius 1 is 1.03 bits per heavy atom. The Balaban J connectivity index is 1.35. The summed E-state index contributed by atoms with van der Waals surface area (Å²) in [4.78, 5) is 21.8. The van der Waals surface area contributed by atoms with E-state index < -0.39 is 0 Å². The zero-order valence-electron chi connectivity index (χ0n) is 22.8. The molecule has 0 unspecified atom stereocenters. The smallest absolute Gasteiger partial charge is 0.253 e. The third-order valence-corrected chi connectivity index (χ3v) is 8.51. The minimum atomic E-state index is -0.347. The molecule has 9 nitrogen and oxygen atoms in total. The molecule has 0 radical (unpaired) electrons. The number of rotatable bonds is 7. The summed E-state index contributed by atoms with van der Waals surface area (Å²) in [5.74, 6) is 1.50. The Kier molecular flexibility index (Phi) is 7.43. The number of benzene rings is 2. The zero-order chi connectivity index (χ0) is 26.8. The molecule has 2 fully saturated rings. The van der Waals surface area contributed by atoms with Crippen LogP contribution in [0.25, 0.3) is 10.9 Å². The highest BCUT2D eigenvalue weighted by Crippen LogP contribution is 2.30. The fraction of sp³-hybridized carbons (Fsp3) is 0.467. The van der Waals surface area contributed by atoms with Gasteiger partial charge in [-0.3, -0.25) is 14.6 Å². The van der Waals surface area contributed by atoms with E-state index in [-0.39, 0.29) is 11.6 Å². The maximum absolute atomic E-state index is 13.6. The zero-order valence-corrected chi connectivity index (χ0v) is 22.8. The number of ether oxygens (including phenoxy) is 1. The molecule has 4 aromatic rings. The molecule has 1 aliphatic carbocycles. The molecular weight excluding hydrogens is 490 g/mol. The summed E-state index contributed by atoms with van der Waals surface area (Å²) in [6, 6.07) is 16.4. The molecule has 3 heterocycles. The molecule has 1 saturated heterocycles. The summed E-state index contributed by atoms with van der Waals surface area (Å²) in [6.07, 6.45) is 6.62. The number of H-pyrrole nitrogens is 1. The molecular formula is C30H37N7O2. The molecule has 6 rings (SSSR count). The lowest BCUT2D eigenvalue weighted by atomic mass is 9.93. The highest BCUT2D eigenvalue weighted by Gasteiger charge is 2.34. The van der Waals surface area contributed by atoms with Gasteiger partial charge in [-0.25, -0.2) is 4.68 Å². The van der Waals surface area contributed by atoms with Gasteiger partial charge in [0.2, 0.25) is 0 Å². The van der Waals surface area contributed by atoms with Crippen molar-refractivity contribution in [2.75, 3.05) is 33.3 Å². The predicted molar refractivity (Wildman–Crippen MR) is 151 cm³/mol. The van der Waals surface area contributed by atoms with Gasteiger partial charge in [0.1, 0.15) is 11.8 Å². The van der Waals surface area contributed by atoms with Crippen molar-refractivity contribution in [1.29, 1.82) is 0 Å². The van der Waals surface area contributed by atoms with E-state index in [1.54, 1.807) is 7.11 Å². The molecule has 9 heteroatoms. The fourth-order valence-electron chi connectivity index (χ4n) is 6.33. The first-order valence-corrected chi connectivity index (χ1v) is 14.1. The van der Waals surface area contributed by atoms with Crippen LogP contribution in [0.2, 0.25) is 0 Å². The van der Waals surface area contributed by atoms with Crippen LogP contribution >= 0.6 is 0 Å². The van der Waals surface area contributed by atoms with Crippen LogP contribution in [0.15, 0.2) is 53.3 Å². The van der Waals surface area contributed by atoms with Gasteiger partial charge in [0.15, 0.2) is 5.82 Å². The molecule has 0 bridgehead atoms. The number of hydrogen-bond acceptors (Lipinski definition) is 7. The van der Waals surface area contributed by atoms with Crippen LogP contribution in [0.3, 0.4) is 0 Å². The highest BCUT2D eigenvalue weighted by atomic mass is 16.5. The second kappa shape index (κ2) is 11.3. The van der Waals surface area contributed by atoms with Crippen LogP contribution in [0.5, 0.6) is 5.75 Å². The molecule has 39 heavy (non-hydrogen) atoms. The monoisotopic (exact) mass is 527 g/mol. The average Bonchev–Trinajstić information content (AvgIpc) is 3.43. The van der Waals surface area contributed by atoms with Gasteiger partial charge in [0.05, 0.1) is 19.2 Å². The molecule has 1 saturated carbocycles. The van der Waals surface area contributed by atoms with Crippen molar-refractivity contribution in [1.82, 2.24) is 35.0 Å². The van der Waals surface area contributed by atoms with Gasteiger partial charge in [-0.2, -0.15) is 0 Å². The van der Waals surface area contributed by atoms with Crippen molar-refractivity contribution in [2.45, 2.75) is 57.7 Å². The largest absolute Gasteiger partial charge is 0.497 e. The second-order valence-corrected chi connectivity index (χ2v) is 10.9. The Morgan fingerprint density at radius 3 is 2.54 bits per heavy atom. The Morgan fingerprint density at radius 2 is 1.79 bits per heavy atom. The summed E-state index contributed by atoms with van der Waals surface area (Å²) >= 11 is 0. The van der Waals surface area contributed by atoms with E-state index in [4.69, 9.17) is 4.74 Å². The Bertz CT molecular complexity index is 1460. The minimum Gasteiger partial charge on any atom is -0.497 e. The molecule has 204 valence electrons. The molecule has 2 aliphatic rings. The predicted octanol–water partition coefficient (Wildman–Crippen LogP) is 3.92. The van der Waals surface area contributed by atoms with E-state index in [1.165, 1.54) is 32.1 Å². The van der Waals surface area contributed by atoms with Crippen molar-refractivity contribution in [2.24, 2.45) is 0 Å². The van der Waals surface area contributed by atoms with Crippen molar-refractivity contribution >= 4 is 10.9 Å². The van der Waals surface area contributed by atoms with Gasteiger partial charge in [0, 0.05) is 37.8 Å². The van der Waals surface area contributed by atoms with Gasteiger partial charge in [-0.15, -0.1) is 5.10 Å². The number of aromatic amines is 1. The number of nitrogens with zero attached hydrogens (tertiary/aromatic N) is 6. The fourth-order valence-corrected chi connectivity index (χ4v) is 6.33. The van der Waals surface area contributed by atoms with Crippen LogP contribution in [0, 0.1) is 6.92 Å². The molecule has 0 amide bonds. The number of aryl methyl sites for hydroxylation is 1. The number of para-hydroxylation sites is 1. The summed E-state index contributed by atoms with van der Waals surface area (Å²) in [5, 5.41) is 14.0. The highest BCUT2D eigenvalue weighted by molar-refractivity contribution is 5.82. The molecule has 0 spiro atoms. The van der Waals surface area contributed by atoms with Gasteiger partial charge in [0.25, 0.3) is 5.56 Å². The molecule has 2 aromatic carbocycles. The summed E-state index contributed by atoms with van der Waals surface area (Å²) in [6.45, 7) is 6.24. The van der Waals surface area contributed by atoms with Gasteiger partial charge in [-0.1, -0.05) is 49.6 Å². The van der Waals surface area contributed by atoms with Gasteiger partial charge < -0.3 is 9.72 Å². The third-order valence-electron chi connectivity index (χ3n) is 8.51. The lowest BCUT2D eigenvalue weighted by Gasteiger charge is -2.43. The number of piperazine rings is 1.